The Morgan fingerprint density at radius 1 is 1.16 bits per heavy atom. The van der Waals surface area contributed by atoms with E-state index in [0.29, 0.717) is 5.02 Å². The molecule has 5 nitrogen and oxygen atoms in total. The molecule has 3 rings (SSSR count). The molecule has 0 unspecified atom stereocenters. The van der Waals surface area contributed by atoms with Crippen LogP contribution in [-0.4, -0.2) is 14.5 Å². The molecule has 0 atom stereocenters. The summed E-state index contributed by atoms with van der Waals surface area (Å²) in [7, 11) is -4.07. The van der Waals surface area contributed by atoms with Crippen molar-refractivity contribution in [3.8, 4) is 0 Å². The van der Waals surface area contributed by atoms with Crippen molar-refractivity contribution in [2.24, 2.45) is 5.11 Å². The maximum absolute atomic E-state index is 14.4. The average molecular weight is 384 g/mol. The van der Waals surface area contributed by atoms with E-state index in [9.17, 15) is 17.2 Å². The van der Waals surface area contributed by atoms with Crippen LogP contribution in [-0.2, 0) is 14.6 Å². The van der Waals surface area contributed by atoms with Crippen molar-refractivity contribution >= 4 is 21.4 Å². The Hall–Kier alpha value is -2.15. The van der Waals surface area contributed by atoms with Crippen molar-refractivity contribution < 1.29 is 17.2 Å². The van der Waals surface area contributed by atoms with Crippen LogP contribution in [0.25, 0.3) is 10.4 Å². The van der Waals surface area contributed by atoms with Gasteiger partial charge >= 0.3 is 0 Å². The lowest BCUT2D eigenvalue weighted by atomic mass is 9.75. The molecule has 0 aliphatic heterocycles. The van der Waals surface area contributed by atoms with Crippen LogP contribution in [0.3, 0.4) is 0 Å². The number of nitrogens with zero attached hydrogens (tertiary/aromatic N) is 3. The van der Waals surface area contributed by atoms with Gasteiger partial charge in [0.2, 0.25) is 0 Å². The lowest BCUT2D eigenvalue weighted by molar-refractivity contribution is 0.283. The second-order valence-electron chi connectivity index (χ2n) is 5.84. The first-order valence-electron chi connectivity index (χ1n) is 7.30. The third kappa shape index (κ3) is 2.86. The summed E-state index contributed by atoms with van der Waals surface area (Å²) in [6, 6.07) is 7.55. The van der Waals surface area contributed by atoms with Gasteiger partial charge < -0.3 is 0 Å². The van der Waals surface area contributed by atoms with Gasteiger partial charge in [-0.3, -0.25) is 0 Å². The van der Waals surface area contributed by atoms with Gasteiger partial charge in [0.15, 0.2) is 9.84 Å². The second kappa shape index (κ2) is 6.29. The monoisotopic (exact) mass is 383 g/mol. The SMILES string of the molecule is [N-]=[N+]=NC1CC(c2cc(F)ccc2F)(S(=O)(=O)c2ccc(Cl)cc2)C1. The van der Waals surface area contributed by atoms with Crippen molar-refractivity contribution in [1.29, 1.82) is 0 Å². The van der Waals surface area contributed by atoms with E-state index in [0.717, 1.165) is 18.2 Å². The zero-order valence-electron chi connectivity index (χ0n) is 12.7. The fourth-order valence-electron chi connectivity index (χ4n) is 3.13. The number of sulfone groups is 1. The Morgan fingerprint density at radius 2 is 1.80 bits per heavy atom. The first-order valence-corrected chi connectivity index (χ1v) is 9.16. The van der Waals surface area contributed by atoms with Gasteiger partial charge in [0.1, 0.15) is 16.4 Å². The van der Waals surface area contributed by atoms with Crippen LogP contribution in [0.2, 0.25) is 5.02 Å². The Morgan fingerprint density at radius 3 is 2.40 bits per heavy atom. The predicted molar refractivity (Wildman–Crippen MR) is 88.8 cm³/mol. The van der Waals surface area contributed by atoms with Crippen molar-refractivity contribution in [2.45, 2.75) is 28.5 Å². The summed E-state index contributed by atoms with van der Waals surface area (Å²) >= 11 is 5.79. The van der Waals surface area contributed by atoms with Crippen molar-refractivity contribution in [3.05, 3.63) is 75.1 Å². The average Bonchev–Trinajstić information content (AvgIpc) is 2.53. The molecule has 9 heteroatoms. The Kier molecular flexibility index (Phi) is 4.45. The predicted octanol–water partition coefficient (Wildman–Crippen LogP) is 4.76. The van der Waals surface area contributed by atoms with Crippen LogP contribution < -0.4 is 0 Å². The van der Waals surface area contributed by atoms with Crippen LogP contribution in [0.5, 0.6) is 0 Å². The van der Waals surface area contributed by atoms with Gasteiger partial charge in [-0.15, -0.1) is 0 Å². The minimum atomic E-state index is -4.07. The van der Waals surface area contributed by atoms with E-state index in [1.807, 2.05) is 0 Å². The molecule has 130 valence electrons. The van der Waals surface area contributed by atoms with E-state index in [1.54, 1.807) is 0 Å². The summed E-state index contributed by atoms with van der Waals surface area (Å²) in [5, 5.41) is 3.86. The normalized spacial score (nSPS) is 22.8. The largest absolute Gasteiger partial charge is 0.223 e. The molecule has 0 bridgehead atoms. The maximum atomic E-state index is 14.4. The van der Waals surface area contributed by atoms with Gasteiger partial charge in [0.25, 0.3) is 0 Å². The van der Waals surface area contributed by atoms with Crippen LogP contribution in [0, 0.1) is 11.6 Å². The van der Waals surface area contributed by atoms with Crippen molar-refractivity contribution in [1.82, 2.24) is 0 Å². The summed E-state index contributed by atoms with van der Waals surface area (Å²) in [6.07, 6.45) is -0.245. The van der Waals surface area contributed by atoms with Gasteiger partial charge in [-0.25, -0.2) is 17.2 Å². The Bertz CT molecular complexity index is 967. The Labute approximate surface area is 147 Å². The molecule has 0 amide bonds. The molecule has 1 aliphatic carbocycles. The first kappa shape index (κ1) is 17.7. The minimum Gasteiger partial charge on any atom is -0.223 e. The number of hydrogen-bond donors (Lipinski definition) is 0. The number of hydrogen-bond acceptors (Lipinski definition) is 3. The molecule has 0 aromatic heterocycles. The lowest BCUT2D eigenvalue weighted by Crippen LogP contribution is -2.50. The molecular formula is C16H12ClF2N3O2S. The first-order chi connectivity index (χ1) is 11.8. The molecular weight excluding hydrogens is 372 g/mol. The highest BCUT2D eigenvalue weighted by Gasteiger charge is 2.56. The van der Waals surface area contributed by atoms with E-state index < -0.39 is 32.3 Å². The Balaban J connectivity index is 2.17. The molecule has 0 heterocycles. The van der Waals surface area contributed by atoms with E-state index in [-0.39, 0.29) is 23.3 Å². The smallest absolute Gasteiger partial charge is 0.188 e. The summed E-state index contributed by atoms with van der Waals surface area (Å²) in [4.78, 5) is 2.61. The number of azide groups is 1. The fraction of sp³-hybridized carbons (Fsp3) is 0.250. The van der Waals surface area contributed by atoms with Gasteiger partial charge in [-0.05, 0) is 60.8 Å². The van der Waals surface area contributed by atoms with E-state index in [2.05, 4.69) is 10.0 Å². The van der Waals surface area contributed by atoms with Crippen molar-refractivity contribution in [2.75, 3.05) is 0 Å². The zero-order valence-corrected chi connectivity index (χ0v) is 14.3. The van der Waals surface area contributed by atoms with Crippen LogP contribution in [0.1, 0.15) is 18.4 Å². The van der Waals surface area contributed by atoms with Crippen LogP contribution in [0.15, 0.2) is 52.5 Å². The maximum Gasteiger partial charge on any atom is 0.188 e. The second-order valence-corrected chi connectivity index (χ2v) is 8.54. The van der Waals surface area contributed by atoms with Crippen molar-refractivity contribution in [3.63, 3.8) is 0 Å². The molecule has 25 heavy (non-hydrogen) atoms. The molecule has 1 saturated carbocycles. The summed E-state index contributed by atoms with van der Waals surface area (Å²) in [5.74, 6) is -1.56. The van der Waals surface area contributed by atoms with Crippen LogP contribution in [0.4, 0.5) is 8.78 Å². The van der Waals surface area contributed by atoms with Gasteiger partial charge in [0.05, 0.1) is 4.90 Å². The lowest BCUT2D eigenvalue weighted by Gasteiger charge is -2.45. The number of rotatable bonds is 4. The van der Waals surface area contributed by atoms with Crippen LogP contribution >= 0.6 is 11.6 Å². The molecule has 0 radical (unpaired) electrons. The molecule has 2 aromatic carbocycles. The molecule has 1 fully saturated rings. The minimum absolute atomic E-state index is 0.0556. The van der Waals surface area contributed by atoms with E-state index in [4.69, 9.17) is 17.1 Å². The summed E-state index contributed by atoms with van der Waals surface area (Å²) < 4.78 is 52.7. The highest BCUT2D eigenvalue weighted by Crippen LogP contribution is 2.53. The summed E-state index contributed by atoms with van der Waals surface area (Å²) in [5.41, 5.74) is 8.29. The third-order valence-electron chi connectivity index (χ3n) is 4.40. The van der Waals surface area contributed by atoms with Gasteiger partial charge in [0, 0.05) is 21.5 Å². The highest BCUT2D eigenvalue weighted by atomic mass is 35.5. The van der Waals surface area contributed by atoms with Gasteiger partial charge in [-0.1, -0.05) is 16.7 Å². The van der Waals surface area contributed by atoms with Gasteiger partial charge in [-0.2, -0.15) is 0 Å². The summed E-state index contributed by atoms with van der Waals surface area (Å²) in [6.45, 7) is 0. The third-order valence-corrected chi connectivity index (χ3v) is 7.13. The zero-order chi connectivity index (χ0) is 18.2. The molecule has 2 aromatic rings. The quantitative estimate of drug-likeness (QED) is 0.433. The molecule has 0 N–H and O–H groups in total. The number of halogens is 3. The fourth-order valence-corrected chi connectivity index (χ4v) is 5.47. The molecule has 0 spiro atoms. The topological polar surface area (TPSA) is 82.9 Å². The van der Waals surface area contributed by atoms with E-state index in [1.165, 1.54) is 24.3 Å². The number of benzene rings is 2. The highest BCUT2D eigenvalue weighted by molar-refractivity contribution is 7.92. The molecule has 0 saturated heterocycles. The van der Waals surface area contributed by atoms with E-state index >= 15 is 0 Å². The molecule has 1 aliphatic rings. The standard InChI is InChI=1S/C16H12ClF2N3O2S/c17-10-1-4-13(5-2-10)25(23,24)16(8-12(9-16)21-22-20)14-7-11(18)3-6-15(14)19/h1-7,12H,8-9H2.